The molecule has 3 heterocycles. The summed E-state index contributed by atoms with van der Waals surface area (Å²) in [4.78, 5) is 0. The van der Waals surface area contributed by atoms with Crippen LogP contribution in [0.3, 0.4) is 0 Å². The number of hydrogen-bond donors (Lipinski definition) is 0. The highest BCUT2D eigenvalue weighted by molar-refractivity contribution is 6.13. The smallest absolute Gasteiger partial charge is 0.136 e. The molecule has 7 aromatic carbocycles. The van der Waals surface area contributed by atoms with Crippen molar-refractivity contribution < 1.29 is 8.83 Å². The van der Waals surface area contributed by atoms with Crippen LogP contribution in [0, 0.1) is 0 Å². The van der Waals surface area contributed by atoms with Crippen LogP contribution in [0.25, 0.3) is 93.6 Å². The molecule has 0 unspecified atom stereocenters. The van der Waals surface area contributed by atoms with Crippen molar-refractivity contribution >= 4 is 65.7 Å². The van der Waals surface area contributed by atoms with Crippen molar-refractivity contribution in [1.29, 1.82) is 0 Å². The van der Waals surface area contributed by atoms with Gasteiger partial charge in [0.1, 0.15) is 22.3 Å². The molecule has 3 heteroatoms. The molecule has 10 aromatic rings. The Morgan fingerprint density at radius 3 is 1.78 bits per heavy atom. The fraction of sp³-hybridized carbons (Fsp3) is 0. The Balaban J connectivity index is 1.11. The van der Waals surface area contributed by atoms with Gasteiger partial charge in [0.25, 0.3) is 0 Å². The van der Waals surface area contributed by atoms with Gasteiger partial charge in [-0.2, -0.15) is 0 Å². The quantitative estimate of drug-likeness (QED) is 0.210. The molecular formula is C42H25NO2. The second-order valence-corrected chi connectivity index (χ2v) is 11.7. The Hall–Kier alpha value is -6.06. The molecule has 0 atom stereocenters. The lowest BCUT2D eigenvalue weighted by molar-refractivity contribution is 0.668. The number of aromatic nitrogens is 1. The highest BCUT2D eigenvalue weighted by Gasteiger charge is 2.16. The third-order valence-corrected chi connectivity index (χ3v) is 9.22. The number of rotatable bonds is 3. The van der Waals surface area contributed by atoms with Gasteiger partial charge in [0.15, 0.2) is 0 Å². The van der Waals surface area contributed by atoms with Gasteiger partial charge in [-0.25, -0.2) is 0 Å². The Kier molecular flexibility index (Phi) is 5.00. The lowest BCUT2D eigenvalue weighted by Crippen LogP contribution is -1.93. The monoisotopic (exact) mass is 575 g/mol. The highest BCUT2D eigenvalue weighted by Crippen LogP contribution is 2.39. The van der Waals surface area contributed by atoms with Crippen molar-refractivity contribution in [1.82, 2.24) is 4.57 Å². The summed E-state index contributed by atoms with van der Waals surface area (Å²) in [5.41, 5.74) is 11.9. The van der Waals surface area contributed by atoms with Crippen molar-refractivity contribution in [3.8, 4) is 27.9 Å². The number of furan rings is 2. The molecule has 0 amide bonds. The van der Waals surface area contributed by atoms with Gasteiger partial charge in [-0.05, 0) is 82.9 Å². The van der Waals surface area contributed by atoms with Crippen molar-refractivity contribution in [3.63, 3.8) is 0 Å². The second-order valence-electron chi connectivity index (χ2n) is 11.7. The first kappa shape index (κ1) is 24.4. The van der Waals surface area contributed by atoms with Gasteiger partial charge in [0.2, 0.25) is 0 Å². The van der Waals surface area contributed by atoms with Crippen molar-refractivity contribution in [2.75, 3.05) is 0 Å². The molecule has 0 saturated carbocycles. The van der Waals surface area contributed by atoms with E-state index in [9.17, 15) is 0 Å². The van der Waals surface area contributed by atoms with E-state index in [-0.39, 0.29) is 0 Å². The van der Waals surface area contributed by atoms with Crippen LogP contribution in [0.1, 0.15) is 0 Å². The molecule has 45 heavy (non-hydrogen) atoms. The van der Waals surface area contributed by atoms with Crippen LogP contribution >= 0.6 is 0 Å². The minimum absolute atomic E-state index is 0.913. The maximum atomic E-state index is 6.16. The van der Waals surface area contributed by atoms with Gasteiger partial charge in [0.05, 0.1) is 11.0 Å². The minimum atomic E-state index is 0.913. The van der Waals surface area contributed by atoms with E-state index in [1.165, 1.54) is 44.1 Å². The number of para-hydroxylation sites is 3. The number of fused-ring (bicyclic) bond motifs is 9. The van der Waals surface area contributed by atoms with Crippen LogP contribution in [0.2, 0.25) is 0 Å². The van der Waals surface area contributed by atoms with Gasteiger partial charge in [-0.15, -0.1) is 0 Å². The molecule has 0 spiro atoms. The first-order valence-electron chi connectivity index (χ1n) is 15.3. The summed E-state index contributed by atoms with van der Waals surface area (Å²) in [6.45, 7) is 0. The van der Waals surface area contributed by atoms with E-state index in [0.717, 1.165) is 49.6 Å². The van der Waals surface area contributed by atoms with Crippen molar-refractivity contribution in [3.05, 3.63) is 152 Å². The standard InChI is InChI=1S/C42H25NO2/c1-4-12-36-31(8-1)34-24-27(28-19-23-40-35(25-28)32-9-2-5-13-38(32)44-40)18-22-37(34)43(36)29-20-16-26(17-21-29)30-11-7-15-41-42(30)33-10-3-6-14-39(33)45-41/h1-25H. The van der Waals surface area contributed by atoms with Crippen LogP contribution in [-0.2, 0) is 0 Å². The molecule has 3 aromatic heterocycles. The molecule has 0 N–H and O–H groups in total. The Bertz CT molecular complexity index is 2760. The zero-order valence-corrected chi connectivity index (χ0v) is 24.2. The van der Waals surface area contributed by atoms with Crippen LogP contribution < -0.4 is 0 Å². The van der Waals surface area contributed by atoms with Crippen LogP contribution in [-0.4, -0.2) is 4.57 Å². The van der Waals surface area contributed by atoms with E-state index in [2.05, 4.69) is 132 Å². The summed E-state index contributed by atoms with van der Waals surface area (Å²) >= 11 is 0. The molecule has 0 radical (unpaired) electrons. The summed E-state index contributed by atoms with van der Waals surface area (Å²) in [7, 11) is 0. The average Bonchev–Trinajstić information content (AvgIpc) is 3.77. The lowest BCUT2D eigenvalue weighted by Gasteiger charge is -2.10. The molecule has 210 valence electrons. The predicted molar refractivity (Wildman–Crippen MR) is 186 cm³/mol. The molecule has 0 aliphatic heterocycles. The normalized spacial score (nSPS) is 12.0. The largest absolute Gasteiger partial charge is 0.456 e. The molecular weight excluding hydrogens is 550 g/mol. The van der Waals surface area contributed by atoms with E-state index < -0.39 is 0 Å². The van der Waals surface area contributed by atoms with Crippen LogP contribution in [0.5, 0.6) is 0 Å². The first-order chi connectivity index (χ1) is 22.3. The molecule has 0 aliphatic rings. The maximum Gasteiger partial charge on any atom is 0.136 e. The maximum absolute atomic E-state index is 6.16. The third-order valence-electron chi connectivity index (χ3n) is 9.22. The van der Waals surface area contributed by atoms with E-state index in [4.69, 9.17) is 8.83 Å². The summed E-state index contributed by atoms with van der Waals surface area (Å²) in [5.74, 6) is 0. The Morgan fingerprint density at radius 2 is 0.933 bits per heavy atom. The number of benzene rings is 7. The molecule has 3 nitrogen and oxygen atoms in total. The lowest BCUT2D eigenvalue weighted by atomic mass is 9.99. The van der Waals surface area contributed by atoms with Gasteiger partial charge >= 0.3 is 0 Å². The summed E-state index contributed by atoms with van der Waals surface area (Å²) in [6, 6.07) is 53.8. The summed E-state index contributed by atoms with van der Waals surface area (Å²) < 4.78 is 14.6. The second kappa shape index (κ2) is 9.22. The molecule has 0 fully saturated rings. The van der Waals surface area contributed by atoms with E-state index in [1.807, 2.05) is 24.3 Å². The highest BCUT2D eigenvalue weighted by atomic mass is 16.3. The van der Waals surface area contributed by atoms with Crippen molar-refractivity contribution in [2.45, 2.75) is 0 Å². The molecule has 0 aliphatic carbocycles. The Labute approximate surface area is 258 Å². The van der Waals surface area contributed by atoms with Crippen molar-refractivity contribution in [2.24, 2.45) is 0 Å². The zero-order chi connectivity index (χ0) is 29.5. The summed E-state index contributed by atoms with van der Waals surface area (Å²) in [5, 5.41) is 7.07. The average molecular weight is 576 g/mol. The van der Waals surface area contributed by atoms with E-state index in [0.29, 0.717) is 0 Å². The summed E-state index contributed by atoms with van der Waals surface area (Å²) in [6.07, 6.45) is 0. The van der Waals surface area contributed by atoms with Gasteiger partial charge in [-0.3, -0.25) is 0 Å². The first-order valence-corrected chi connectivity index (χ1v) is 15.3. The van der Waals surface area contributed by atoms with E-state index >= 15 is 0 Å². The molecule has 0 saturated heterocycles. The van der Waals surface area contributed by atoms with Gasteiger partial charge in [0, 0.05) is 38.0 Å². The van der Waals surface area contributed by atoms with Gasteiger partial charge < -0.3 is 13.4 Å². The van der Waals surface area contributed by atoms with E-state index in [1.54, 1.807) is 0 Å². The van der Waals surface area contributed by atoms with Crippen LogP contribution in [0.15, 0.2) is 160 Å². The topological polar surface area (TPSA) is 31.2 Å². The fourth-order valence-corrected chi connectivity index (χ4v) is 7.14. The SMILES string of the molecule is c1ccc2c(c1)oc1ccc(-c3ccc4c(c3)c3ccccc3n4-c3ccc(-c4cccc5oc6ccccc6c45)cc3)cc12. The van der Waals surface area contributed by atoms with Gasteiger partial charge in [-0.1, -0.05) is 91.0 Å². The minimum Gasteiger partial charge on any atom is -0.456 e. The number of hydrogen-bond acceptors (Lipinski definition) is 2. The fourth-order valence-electron chi connectivity index (χ4n) is 7.14. The van der Waals surface area contributed by atoms with Crippen LogP contribution in [0.4, 0.5) is 0 Å². The molecule has 0 bridgehead atoms. The Morgan fingerprint density at radius 1 is 0.356 bits per heavy atom. The molecule has 10 rings (SSSR count). The third kappa shape index (κ3) is 3.58. The zero-order valence-electron chi connectivity index (χ0n) is 24.2. The number of nitrogens with zero attached hydrogens (tertiary/aromatic N) is 1. The predicted octanol–water partition coefficient (Wildman–Crippen LogP) is 11.9.